The average molecular weight is 244 g/mol. The molecule has 0 N–H and O–H groups in total. The van der Waals surface area contributed by atoms with Crippen LogP contribution in [0.2, 0.25) is 0 Å². The molecule has 0 amide bonds. The molecule has 18 heavy (non-hydrogen) atoms. The van der Waals surface area contributed by atoms with Crippen molar-refractivity contribution in [2.24, 2.45) is 17.8 Å². The van der Waals surface area contributed by atoms with E-state index in [0.717, 1.165) is 38.2 Å². The highest BCUT2D eigenvalue weighted by atomic mass is 16.5. The van der Waals surface area contributed by atoms with Gasteiger partial charge in [0, 0.05) is 18.9 Å². The van der Waals surface area contributed by atoms with E-state index in [9.17, 15) is 4.79 Å². The van der Waals surface area contributed by atoms with E-state index in [1.165, 1.54) is 5.56 Å². The number of hydrogen-bond acceptors (Lipinski definition) is 2. The first-order valence-corrected chi connectivity index (χ1v) is 6.99. The Kier molecular flexibility index (Phi) is 3.46. The van der Waals surface area contributed by atoms with E-state index in [4.69, 9.17) is 4.74 Å². The Morgan fingerprint density at radius 3 is 2.89 bits per heavy atom. The first kappa shape index (κ1) is 11.9. The predicted octanol–water partition coefficient (Wildman–Crippen LogP) is 3.21. The van der Waals surface area contributed by atoms with Crippen molar-refractivity contribution < 1.29 is 9.53 Å². The molecule has 2 heteroatoms. The van der Waals surface area contributed by atoms with E-state index in [-0.39, 0.29) is 0 Å². The lowest BCUT2D eigenvalue weighted by Crippen LogP contribution is -2.18. The Bertz CT molecular complexity index is 412. The molecule has 2 nitrogen and oxygen atoms in total. The summed E-state index contributed by atoms with van der Waals surface area (Å²) in [7, 11) is 0. The Hall–Kier alpha value is -1.15. The van der Waals surface area contributed by atoms with Crippen LogP contribution in [-0.4, -0.2) is 12.4 Å². The van der Waals surface area contributed by atoms with Gasteiger partial charge < -0.3 is 4.74 Å². The normalized spacial score (nSPS) is 30.0. The van der Waals surface area contributed by atoms with Crippen molar-refractivity contribution >= 4 is 5.78 Å². The molecular formula is C16H20O2. The summed E-state index contributed by atoms with van der Waals surface area (Å²) in [6.07, 6.45) is 4.18. The van der Waals surface area contributed by atoms with Crippen LogP contribution in [-0.2, 0) is 16.1 Å². The lowest BCUT2D eigenvalue weighted by Gasteiger charge is -2.20. The molecule has 1 aromatic carbocycles. The zero-order chi connectivity index (χ0) is 12.4. The summed E-state index contributed by atoms with van der Waals surface area (Å²) in [5.74, 6) is 2.38. The van der Waals surface area contributed by atoms with Gasteiger partial charge in [0.2, 0.25) is 0 Å². The first-order valence-electron chi connectivity index (χ1n) is 6.99. The van der Waals surface area contributed by atoms with Crippen LogP contribution in [0.1, 0.15) is 31.2 Å². The fraction of sp³-hybridized carbons (Fsp3) is 0.562. The molecular weight excluding hydrogens is 224 g/mol. The summed E-state index contributed by atoms with van der Waals surface area (Å²) in [6.45, 7) is 1.54. The van der Waals surface area contributed by atoms with Gasteiger partial charge in [-0.2, -0.15) is 0 Å². The zero-order valence-electron chi connectivity index (χ0n) is 10.7. The monoisotopic (exact) mass is 244 g/mol. The van der Waals surface area contributed by atoms with E-state index in [1.54, 1.807) is 0 Å². The third-order valence-electron chi connectivity index (χ3n) is 4.36. The number of ether oxygens (including phenoxy) is 1. The zero-order valence-corrected chi connectivity index (χ0v) is 10.7. The number of Topliss-reactive ketones (excluding diaryl/α,β-unsaturated/α-hetero) is 1. The quantitative estimate of drug-likeness (QED) is 0.743. The number of carbonyl (C=O) groups is 1. The van der Waals surface area contributed by atoms with E-state index in [2.05, 4.69) is 12.1 Å². The summed E-state index contributed by atoms with van der Waals surface area (Å²) in [5.41, 5.74) is 1.24. The maximum absolute atomic E-state index is 11.5. The topological polar surface area (TPSA) is 26.3 Å². The number of rotatable bonds is 5. The van der Waals surface area contributed by atoms with Gasteiger partial charge in [0.25, 0.3) is 0 Å². The van der Waals surface area contributed by atoms with Crippen LogP contribution in [0.5, 0.6) is 0 Å². The lowest BCUT2D eigenvalue weighted by atomic mass is 9.86. The third-order valence-corrected chi connectivity index (χ3v) is 4.36. The van der Waals surface area contributed by atoms with E-state index in [1.807, 2.05) is 18.2 Å². The summed E-state index contributed by atoms with van der Waals surface area (Å²) in [6, 6.07) is 10.3. The average Bonchev–Trinajstić information content (AvgIpc) is 3.19. The van der Waals surface area contributed by atoms with Crippen molar-refractivity contribution in [1.29, 1.82) is 0 Å². The molecule has 0 unspecified atom stereocenters. The second-order valence-corrected chi connectivity index (χ2v) is 5.60. The molecule has 3 rings (SSSR count). The van der Waals surface area contributed by atoms with Gasteiger partial charge in [-0.1, -0.05) is 30.3 Å². The molecule has 2 saturated carbocycles. The van der Waals surface area contributed by atoms with Crippen molar-refractivity contribution in [2.75, 3.05) is 6.61 Å². The maximum Gasteiger partial charge on any atom is 0.136 e. The molecule has 0 saturated heterocycles. The fourth-order valence-electron chi connectivity index (χ4n) is 3.19. The summed E-state index contributed by atoms with van der Waals surface area (Å²) < 4.78 is 5.73. The standard InChI is InChI=1S/C16H20O2/c17-16-7-6-13(14-10-15(14)16)8-9-18-11-12-4-2-1-3-5-12/h1-5,13-15H,6-11H2/t13-,14-,15-/m1/s1. The number of carbonyl (C=O) groups excluding carboxylic acids is 1. The van der Waals surface area contributed by atoms with Crippen molar-refractivity contribution in [3.63, 3.8) is 0 Å². The molecule has 0 radical (unpaired) electrons. The Labute approximate surface area is 108 Å². The highest BCUT2D eigenvalue weighted by molar-refractivity contribution is 5.84. The molecule has 2 fully saturated rings. The molecule has 0 heterocycles. The first-order chi connectivity index (χ1) is 8.84. The molecule has 0 bridgehead atoms. The lowest BCUT2D eigenvalue weighted by molar-refractivity contribution is -0.122. The van der Waals surface area contributed by atoms with Gasteiger partial charge in [0.05, 0.1) is 6.61 Å². The van der Waals surface area contributed by atoms with Crippen LogP contribution in [0.4, 0.5) is 0 Å². The Balaban J connectivity index is 1.37. The minimum absolute atomic E-state index is 0.429. The van der Waals surface area contributed by atoms with Crippen molar-refractivity contribution in [2.45, 2.75) is 32.3 Å². The van der Waals surface area contributed by atoms with Crippen LogP contribution in [0.3, 0.4) is 0 Å². The molecule has 0 aliphatic heterocycles. The van der Waals surface area contributed by atoms with E-state index >= 15 is 0 Å². The van der Waals surface area contributed by atoms with Gasteiger partial charge in [-0.15, -0.1) is 0 Å². The molecule has 0 aromatic heterocycles. The van der Waals surface area contributed by atoms with Crippen LogP contribution >= 0.6 is 0 Å². The fourth-order valence-corrected chi connectivity index (χ4v) is 3.19. The highest BCUT2D eigenvalue weighted by Gasteiger charge is 2.49. The number of ketones is 1. The van der Waals surface area contributed by atoms with Gasteiger partial charge >= 0.3 is 0 Å². The van der Waals surface area contributed by atoms with Gasteiger partial charge in [-0.05, 0) is 36.7 Å². The van der Waals surface area contributed by atoms with Crippen LogP contribution < -0.4 is 0 Å². The van der Waals surface area contributed by atoms with Crippen LogP contribution in [0.15, 0.2) is 30.3 Å². The maximum atomic E-state index is 11.5. The Morgan fingerprint density at radius 1 is 1.22 bits per heavy atom. The van der Waals surface area contributed by atoms with Gasteiger partial charge in [0.15, 0.2) is 0 Å². The molecule has 1 aromatic rings. The van der Waals surface area contributed by atoms with Gasteiger partial charge in [0.1, 0.15) is 5.78 Å². The van der Waals surface area contributed by atoms with Crippen molar-refractivity contribution in [1.82, 2.24) is 0 Å². The van der Waals surface area contributed by atoms with Crippen LogP contribution in [0.25, 0.3) is 0 Å². The molecule has 2 aliphatic rings. The van der Waals surface area contributed by atoms with E-state index < -0.39 is 0 Å². The molecule has 3 atom stereocenters. The predicted molar refractivity (Wildman–Crippen MR) is 70.0 cm³/mol. The highest BCUT2D eigenvalue weighted by Crippen LogP contribution is 2.51. The smallest absolute Gasteiger partial charge is 0.136 e. The SMILES string of the molecule is O=C1CC[C@H](CCOCc2ccccc2)[C@H]2C[C@@H]12. The van der Waals surface area contributed by atoms with Crippen LogP contribution in [0, 0.1) is 17.8 Å². The Morgan fingerprint density at radius 2 is 2.06 bits per heavy atom. The third kappa shape index (κ3) is 2.64. The van der Waals surface area contributed by atoms with Crippen molar-refractivity contribution in [3.8, 4) is 0 Å². The summed E-state index contributed by atoms with van der Waals surface area (Å²) in [4.78, 5) is 11.5. The minimum atomic E-state index is 0.429. The van der Waals surface area contributed by atoms with Crippen molar-refractivity contribution in [3.05, 3.63) is 35.9 Å². The number of hydrogen-bond donors (Lipinski definition) is 0. The molecule has 0 spiro atoms. The minimum Gasteiger partial charge on any atom is -0.377 e. The molecule has 96 valence electrons. The van der Waals surface area contributed by atoms with Gasteiger partial charge in [-0.3, -0.25) is 4.79 Å². The largest absolute Gasteiger partial charge is 0.377 e. The van der Waals surface area contributed by atoms with Gasteiger partial charge in [-0.25, -0.2) is 0 Å². The second-order valence-electron chi connectivity index (χ2n) is 5.60. The number of benzene rings is 1. The summed E-state index contributed by atoms with van der Waals surface area (Å²) >= 11 is 0. The number of fused-ring (bicyclic) bond motifs is 1. The summed E-state index contributed by atoms with van der Waals surface area (Å²) in [5, 5.41) is 0. The molecule has 2 aliphatic carbocycles. The second kappa shape index (κ2) is 5.23. The van der Waals surface area contributed by atoms with E-state index in [0.29, 0.717) is 24.2 Å².